The minimum atomic E-state index is -3.35. The van der Waals surface area contributed by atoms with Gasteiger partial charge in [0.2, 0.25) is 10.0 Å². The summed E-state index contributed by atoms with van der Waals surface area (Å²) in [5, 5.41) is 8.96. The van der Waals surface area contributed by atoms with Crippen molar-refractivity contribution in [1.82, 2.24) is 4.31 Å². The molecular weight excluding hydrogens is 312 g/mol. The van der Waals surface area contributed by atoms with Crippen molar-refractivity contribution in [3.63, 3.8) is 0 Å². The van der Waals surface area contributed by atoms with Crippen molar-refractivity contribution in [1.29, 1.82) is 5.26 Å². The van der Waals surface area contributed by atoms with Gasteiger partial charge in [0.15, 0.2) is 0 Å². The molecule has 6 heteroatoms. The number of nitriles is 1. The zero-order chi connectivity index (χ0) is 16.3. The van der Waals surface area contributed by atoms with Crippen LogP contribution in [0.5, 0.6) is 0 Å². The first-order chi connectivity index (χ1) is 11.1. The third-order valence-corrected chi connectivity index (χ3v) is 6.69. The highest BCUT2D eigenvalue weighted by Gasteiger charge is 2.39. The molecule has 2 aliphatic rings. The van der Waals surface area contributed by atoms with Crippen LogP contribution in [0.4, 0.5) is 0 Å². The number of nitrogens with zero attached hydrogens (tertiary/aromatic N) is 2. The Morgan fingerprint density at radius 1 is 1.26 bits per heavy atom. The first-order valence-electron chi connectivity index (χ1n) is 8.16. The molecule has 0 N–H and O–H groups in total. The van der Waals surface area contributed by atoms with E-state index in [0.717, 1.165) is 38.9 Å². The largest absolute Gasteiger partial charge is 0.381 e. The van der Waals surface area contributed by atoms with Crippen LogP contribution >= 0.6 is 0 Å². The SMILES string of the molecule is N#Cc1cccc(CS(=O)(=O)N2CCCC2C2CCOCC2)c1. The molecule has 0 amide bonds. The monoisotopic (exact) mass is 334 g/mol. The molecule has 2 heterocycles. The number of ether oxygens (including phenoxy) is 1. The quantitative estimate of drug-likeness (QED) is 0.847. The van der Waals surface area contributed by atoms with E-state index in [2.05, 4.69) is 6.07 Å². The van der Waals surface area contributed by atoms with Gasteiger partial charge in [-0.3, -0.25) is 0 Å². The lowest BCUT2D eigenvalue weighted by molar-refractivity contribution is 0.0476. The van der Waals surface area contributed by atoms with Crippen LogP contribution in [0.3, 0.4) is 0 Å². The molecule has 2 aliphatic heterocycles. The van der Waals surface area contributed by atoms with Crippen molar-refractivity contribution in [3.8, 4) is 6.07 Å². The molecule has 0 radical (unpaired) electrons. The summed E-state index contributed by atoms with van der Waals surface area (Å²) < 4.78 is 32.8. The van der Waals surface area contributed by atoms with E-state index in [1.807, 2.05) is 0 Å². The van der Waals surface area contributed by atoms with E-state index in [1.165, 1.54) is 0 Å². The van der Waals surface area contributed by atoms with Crippen molar-refractivity contribution >= 4 is 10.0 Å². The topological polar surface area (TPSA) is 70.4 Å². The maximum Gasteiger partial charge on any atom is 0.218 e. The minimum absolute atomic E-state index is 0.0256. The number of rotatable bonds is 4. The fourth-order valence-electron chi connectivity index (χ4n) is 3.71. The molecule has 0 spiro atoms. The smallest absolute Gasteiger partial charge is 0.218 e. The lowest BCUT2D eigenvalue weighted by Gasteiger charge is -2.33. The molecule has 0 aromatic heterocycles. The molecule has 0 bridgehead atoms. The van der Waals surface area contributed by atoms with Gasteiger partial charge in [-0.2, -0.15) is 9.57 Å². The van der Waals surface area contributed by atoms with Crippen LogP contribution in [0.15, 0.2) is 24.3 Å². The highest BCUT2D eigenvalue weighted by molar-refractivity contribution is 7.88. The normalized spacial score (nSPS) is 23.7. The lowest BCUT2D eigenvalue weighted by Crippen LogP contribution is -2.42. The molecule has 0 aliphatic carbocycles. The second kappa shape index (κ2) is 7.00. The highest BCUT2D eigenvalue weighted by atomic mass is 32.2. The van der Waals surface area contributed by atoms with Gasteiger partial charge in [0.1, 0.15) is 0 Å². The molecule has 23 heavy (non-hydrogen) atoms. The van der Waals surface area contributed by atoms with E-state index >= 15 is 0 Å². The standard InChI is InChI=1S/C17H22N2O3S/c18-12-14-3-1-4-15(11-14)13-23(20,21)19-8-2-5-17(19)16-6-9-22-10-7-16/h1,3-4,11,16-17H,2,5-10,13H2. The van der Waals surface area contributed by atoms with Crippen LogP contribution in [0.2, 0.25) is 0 Å². The number of hydrogen-bond donors (Lipinski definition) is 0. The van der Waals surface area contributed by atoms with Gasteiger partial charge in [0, 0.05) is 25.8 Å². The van der Waals surface area contributed by atoms with Gasteiger partial charge in [-0.1, -0.05) is 12.1 Å². The van der Waals surface area contributed by atoms with Crippen LogP contribution in [0, 0.1) is 17.2 Å². The number of benzene rings is 1. The zero-order valence-electron chi connectivity index (χ0n) is 13.1. The third kappa shape index (κ3) is 3.74. The fraction of sp³-hybridized carbons (Fsp3) is 0.588. The van der Waals surface area contributed by atoms with E-state index in [-0.39, 0.29) is 11.8 Å². The van der Waals surface area contributed by atoms with Gasteiger partial charge in [0.25, 0.3) is 0 Å². The van der Waals surface area contributed by atoms with E-state index in [4.69, 9.17) is 10.00 Å². The second-order valence-corrected chi connectivity index (χ2v) is 8.26. The molecule has 1 unspecified atom stereocenters. The van der Waals surface area contributed by atoms with Crippen molar-refractivity contribution < 1.29 is 13.2 Å². The fourth-order valence-corrected chi connectivity index (χ4v) is 5.57. The first-order valence-corrected chi connectivity index (χ1v) is 9.77. The Kier molecular flexibility index (Phi) is 5.00. The van der Waals surface area contributed by atoms with Crippen LogP contribution in [0.25, 0.3) is 0 Å². The molecule has 0 saturated carbocycles. The molecule has 1 aromatic carbocycles. The third-order valence-electron chi connectivity index (χ3n) is 4.82. The van der Waals surface area contributed by atoms with E-state index in [0.29, 0.717) is 23.6 Å². The Balaban J connectivity index is 1.76. The molecule has 3 rings (SSSR count). The van der Waals surface area contributed by atoms with Gasteiger partial charge in [-0.05, 0) is 49.3 Å². The number of hydrogen-bond acceptors (Lipinski definition) is 4. The van der Waals surface area contributed by atoms with Gasteiger partial charge < -0.3 is 4.74 Å². The summed E-state index contributed by atoms with van der Waals surface area (Å²) in [4.78, 5) is 0. The van der Waals surface area contributed by atoms with Crippen molar-refractivity contribution in [2.45, 2.75) is 37.5 Å². The highest BCUT2D eigenvalue weighted by Crippen LogP contribution is 2.33. The molecule has 1 aromatic rings. The Hall–Kier alpha value is -1.42. The molecule has 2 saturated heterocycles. The number of sulfonamides is 1. The maximum absolute atomic E-state index is 12.9. The lowest BCUT2D eigenvalue weighted by atomic mass is 9.91. The maximum atomic E-state index is 12.9. The minimum Gasteiger partial charge on any atom is -0.381 e. The average molecular weight is 334 g/mol. The Morgan fingerprint density at radius 3 is 2.78 bits per heavy atom. The van der Waals surface area contributed by atoms with Crippen molar-refractivity contribution in [2.75, 3.05) is 19.8 Å². The summed E-state index contributed by atoms with van der Waals surface area (Å²) in [7, 11) is -3.35. The average Bonchev–Trinajstić information content (AvgIpc) is 3.06. The van der Waals surface area contributed by atoms with Crippen LogP contribution in [-0.2, 0) is 20.5 Å². The van der Waals surface area contributed by atoms with Crippen LogP contribution in [-0.4, -0.2) is 38.5 Å². The summed E-state index contributed by atoms with van der Waals surface area (Å²) >= 11 is 0. The predicted octanol–water partition coefficient (Wildman–Crippen LogP) is 2.28. The van der Waals surface area contributed by atoms with E-state index in [1.54, 1.807) is 28.6 Å². The molecular formula is C17H22N2O3S. The first kappa shape index (κ1) is 16.4. The predicted molar refractivity (Wildman–Crippen MR) is 87.1 cm³/mol. The summed E-state index contributed by atoms with van der Waals surface area (Å²) in [6.07, 6.45) is 3.77. The zero-order valence-corrected chi connectivity index (χ0v) is 14.0. The van der Waals surface area contributed by atoms with Crippen LogP contribution < -0.4 is 0 Å². The summed E-state index contributed by atoms with van der Waals surface area (Å²) in [5.41, 5.74) is 1.18. The van der Waals surface area contributed by atoms with Gasteiger partial charge in [-0.25, -0.2) is 8.42 Å². The Labute approximate surface area is 137 Å². The molecule has 5 nitrogen and oxygen atoms in total. The summed E-state index contributed by atoms with van der Waals surface area (Å²) in [6, 6.07) is 9.04. The summed E-state index contributed by atoms with van der Waals surface area (Å²) in [6.45, 7) is 2.08. The van der Waals surface area contributed by atoms with Crippen molar-refractivity contribution in [3.05, 3.63) is 35.4 Å². The van der Waals surface area contributed by atoms with Crippen LogP contribution in [0.1, 0.15) is 36.8 Å². The summed E-state index contributed by atoms with van der Waals surface area (Å²) in [5.74, 6) is 0.383. The van der Waals surface area contributed by atoms with Crippen molar-refractivity contribution in [2.24, 2.45) is 5.92 Å². The van der Waals surface area contributed by atoms with Gasteiger partial charge in [-0.15, -0.1) is 0 Å². The van der Waals surface area contributed by atoms with E-state index in [9.17, 15) is 8.42 Å². The van der Waals surface area contributed by atoms with Gasteiger partial charge >= 0.3 is 0 Å². The van der Waals surface area contributed by atoms with E-state index < -0.39 is 10.0 Å². The second-order valence-electron chi connectivity index (χ2n) is 6.34. The molecule has 124 valence electrons. The Bertz CT molecular complexity index is 690. The van der Waals surface area contributed by atoms with Gasteiger partial charge in [0.05, 0.1) is 17.4 Å². The molecule has 1 atom stereocenters. The Morgan fingerprint density at radius 2 is 2.04 bits per heavy atom. The molecule has 2 fully saturated rings.